The number of nitrogens with zero attached hydrogens (tertiary/aromatic N) is 3. The van der Waals surface area contributed by atoms with Gasteiger partial charge in [0, 0.05) is 23.1 Å². The summed E-state index contributed by atoms with van der Waals surface area (Å²) in [7, 11) is 0. The van der Waals surface area contributed by atoms with Gasteiger partial charge in [0.2, 0.25) is 5.91 Å². The molecule has 1 aliphatic rings. The summed E-state index contributed by atoms with van der Waals surface area (Å²) in [6, 6.07) is 7.57. The van der Waals surface area contributed by atoms with Crippen LogP contribution in [0.15, 0.2) is 33.9 Å². The molecule has 3 rings (SSSR count). The average Bonchev–Trinajstić information content (AvgIpc) is 2.77. The quantitative estimate of drug-likeness (QED) is 0.799. The van der Waals surface area contributed by atoms with Crippen molar-refractivity contribution in [3.8, 4) is 0 Å². The number of fused-ring (bicyclic) bond motifs is 1. The van der Waals surface area contributed by atoms with Crippen LogP contribution in [0.4, 0.5) is 5.69 Å². The SMILES string of the molecule is C[C@H](Sc1nnc2n1CCCCC2)C(=O)Nc1ccc(Br)cc1. The third kappa shape index (κ3) is 4.14. The number of hydrogen-bond donors (Lipinski definition) is 1. The monoisotopic (exact) mass is 394 g/mol. The zero-order chi connectivity index (χ0) is 16.2. The van der Waals surface area contributed by atoms with E-state index in [0.29, 0.717) is 0 Å². The van der Waals surface area contributed by atoms with Crippen molar-refractivity contribution < 1.29 is 4.79 Å². The molecule has 1 N–H and O–H groups in total. The second kappa shape index (κ2) is 7.49. The molecule has 23 heavy (non-hydrogen) atoms. The highest BCUT2D eigenvalue weighted by atomic mass is 79.9. The molecule has 0 radical (unpaired) electrons. The fourth-order valence-electron chi connectivity index (χ4n) is 2.53. The lowest BCUT2D eigenvalue weighted by molar-refractivity contribution is -0.115. The van der Waals surface area contributed by atoms with E-state index in [4.69, 9.17) is 0 Å². The van der Waals surface area contributed by atoms with Gasteiger partial charge in [-0.1, -0.05) is 34.1 Å². The van der Waals surface area contributed by atoms with Gasteiger partial charge in [-0.15, -0.1) is 10.2 Å². The van der Waals surface area contributed by atoms with Gasteiger partial charge in [0.05, 0.1) is 5.25 Å². The van der Waals surface area contributed by atoms with E-state index in [-0.39, 0.29) is 11.2 Å². The molecule has 122 valence electrons. The number of anilines is 1. The van der Waals surface area contributed by atoms with Crippen molar-refractivity contribution in [3.05, 3.63) is 34.6 Å². The number of aryl methyl sites for hydroxylation is 1. The average molecular weight is 395 g/mol. The number of rotatable bonds is 4. The molecule has 0 unspecified atom stereocenters. The van der Waals surface area contributed by atoms with E-state index >= 15 is 0 Å². The van der Waals surface area contributed by atoms with Crippen molar-refractivity contribution in [1.29, 1.82) is 0 Å². The number of hydrogen-bond acceptors (Lipinski definition) is 4. The van der Waals surface area contributed by atoms with E-state index in [0.717, 1.165) is 40.5 Å². The molecule has 2 aromatic rings. The summed E-state index contributed by atoms with van der Waals surface area (Å²) >= 11 is 4.86. The molecule has 0 saturated heterocycles. The first-order chi connectivity index (χ1) is 11.1. The fourth-order valence-corrected chi connectivity index (χ4v) is 3.69. The molecule has 1 atom stereocenters. The number of carbonyl (C=O) groups excluding carboxylic acids is 1. The molecule has 0 spiro atoms. The fraction of sp³-hybridized carbons (Fsp3) is 0.438. The number of aromatic nitrogens is 3. The lowest BCUT2D eigenvalue weighted by atomic mass is 10.2. The summed E-state index contributed by atoms with van der Waals surface area (Å²) in [5.74, 6) is 1.02. The van der Waals surface area contributed by atoms with E-state index in [2.05, 4.69) is 36.0 Å². The van der Waals surface area contributed by atoms with Crippen LogP contribution in [0.1, 0.15) is 32.0 Å². The largest absolute Gasteiger partial charge is 0.325 e. The number of thioether (sulfide) groups is 1. The zero-order valence-corrected chi connectivity index (χ0v) is 15.4. The van der Waals surface area contributed by atoms with Crippen LogP contribution < -0.4 is 5.32 Å². The molecule has 0 saturated carbocycles. The van der Waals surface area contributed by atoms with Crippen LogP contribution in [0.3, 0.4) is 0 Å². The summed E-state index contributed by atoms with van der Waals surface area (Å²) in [5, 5.41) is 12.1. The maximum atomic E-state index is 12.4. The first kappa shape index (κ1) is 16.5. The van der Waals surface area contributed by atoms with Crippen LogP contribution in [0.25, 0.3) is 0 Å². The summed E-state index contributed by atoms with van der Waals surface area (Å²) in [5.41, 5.74) is 0.797. The van der Waals surface area contributed by atoms with E-state index in [1.807, 2.05) is 31.2 Å². The molecule has 2 heterocycles. The number of benzene rings is 1. The second-order valence-corrected chi connectivity index (χ2v) is 7.84. The molecule has 0 fully saturated rings. The van der Waals surface area contributed by atoms with Gasteiger partial charge in [-0.25, -0.2) is 0 Å². The van der Waals surface area contributed by atoms with Gasteiger partial charge in [-0.3, -0.25) is 4.79 Å². The van der Waals surface area contributed by atoms with Crippen molar-refractivity contribution in [3.63, 3.8) is 0 Å². The predicted octanol–water partition coefficient (Wildman–Crippen LogP) is 3.89. The molecular weight excluding hydrogens is 376 g/mol. The summed E-state index contributed by atoms with van der Waals surface area (Å²) in [6.45, 7) is 2.85. The van der Waals surface area contributed by atoms with Gasteiger partial charge in [-0.05, 0) is 44.0 Å². The first-order valence-corrected chi connectivity index (χ1v) is 9.46. The van der Waals surface area contributed by atoms with Crippen molar-refractivity contribution >= 4 is 39.3 Å². The minimum absolute atomic E-state index is 0.0247. The van der Waals surface area contributed by atoms with Gasteiger partial charge >= 0.3 is 0 Å². The van der Waals surface area contributed by atoms with Crippen LogP contribution in [0.2, 0.25) is 0 Å². The number of amides is 1. The lowest BCUT2D eigenvalue weighted by Crippen LogP contribution is -2.23. The van der Waals surface area contributed by atoms with E-state index in [9.17, 15) is 4.79 Å². The van der Waals surface area contributed by atoms with E-state index < -0.39 is 0 Å². The topological polar surface area (TPSA) is 59.8 Å². The van der Waals surface area contributed by atoms with Crippen molar-refractivity contribution in [2.24, 2.45) is 0 Å². The van der Waals surface area contributed by atoms with E-state index in [1.165, 1.54) is 24.6 Å². The van der Waals surface area contributed by atoms with Crippen molar-refractivity contribution in [1.82, 2.24) is 14.8 Å². The molecule has 7 heteroatoms. The van der Waals surface area contributed by atoms with E-state index in [1.54, 1.807) is 0 Å². The predicted molar refractivity (Wildman–Crippen MR) is 95.7 cm³/mol. The zero-order valence-electron chi connectivity index (χ0n) is 13.0. The Kier molecular flexibility index (Phi) is 5.38. The molecule has 1 amide bonds. The highest BCUT2D eigenvalue weighted by Crippen LogP contribution is 2.26. The standard InChI is InChI=1S/C16H19BrN4OS/c1-11(15(22)18-13-8-6-12(17)7-9-13)23-16-20-19-14-5-3-2-4-10-21(14)16/h6-9,11H,2-5,10H2,1H3,(H,18,22)/t11-/m0/s1. The minimum atomic E-state index is -0.227. The highest BCUT2D eigenvalue weighted by Gasteiger charge is 2.21. The van der Waals surface area contributed by atoms with Crippen LogP contribution in [-0.4, -0.2) is 25.9 Å². The van der Waals surface area contributed by atoms with Gasteiger partial charge in [-0.2, -0.15) is 0 Å². The van der Waals surface area contributed by atoms with Gasteiger partial charge in [0.25, 0.3) is 0 Å². The number of halogens is 1. The molecule has 0 bridgehead atoms. The normalized spacial score (nSPS) is 15.6. The Morgan fingerprint density at radius 3 is 2.83 bits per heavy atom. The summed E-state index contributed by atoms with van der Waals surface area (Å²) in [4.78, 5) is 12.4. The van der Waals surface area contributed by atoms with Crippen LogP contribution in [0.5, 0.6) is 0 Å². The van der Waals surface area contributed by atoms with Gasteiger partial charge < -0.3 is 9.88 Å². The van der Waals surface area contributed by atoms with Crippen LogP contribution in [0, 0.1) is 0 Å². The Morgan fingerprint density at radius 2 is 2.04 bits per heavy atom. The Bertz CT molecular complexity index is 686. The number of carbonyl (C=O) groups is 1. The minimum Gasteiger partial charge on any atom is -0.325 e. The first-order valence-electron chi connectivity index (χ1n) is 7.78. The molecular formula is C16H19BrN4OS. The van der Waals surface area contributed by atoms with Crippen molar-refractivity contribution in [2.75, 3.05) is 5.32 Å². The Labute approximate surface area is 148 Å². The maximum absolute atomic E-state index is 12.4. The van der Waals surface area contributed by atoms with Crippen LogP contribution >= 0.6 is 27.7 Å². The third-order valence-corrected chi connectivity index (χ3v) is 5.45. The second-order valence-electron chi connectivity index (χ2n) is 5.62. The Balaban J connectivity index is 1.64. The highest BCUT2D eigenvalue weighted by molar-refractivity contribution is 9.10. The van der Waals surface area contributed by atoms with Crippen LogP contribution in [-0.2, 0) is 17.8 Å². The lowest BCUT2D eigenvalue weighted by Gasteiger charge is -2.12. The summed E-state index contributed by atoms with van der Waals surface area (Å²) in [6.07, 6.45) is 4.53. The molecule has 5 nitrogen and oxygen atoms in total. The molecule has 1 aliphatic heterocycles. The molecule has 0 aliphatic carbocycles. The Morgan fingerprint density at radius 1 is 1.26 bits per heavy atom. The van der Waals surface area contributed by atoms with Gasteiger partial charge in [0.15, 0.2) is 5.16 Å². The van der Waals surface area contributed by atoms with Crippen molar-refractivity contribution in [2.45, 2.75) is 49.6 Å². The number of nitrogens with one attached hydrogen (secondary N) is 1. The molecule has 1 aromatic carbocycles. The maximum Gasteiger partial charge on any atom is 0.237 e. The summed E-state index contributed by atoms with van der Waals surface area (Å²) < 4.78 is 3.16. The Hall–Kier alpha value is -1.34. The smallest absolute Gasteiger partial charge is 0.237 e. The third-order valence-electron chi connectivity index (χ3n) is 3.84. The van der Waals surface area contributed by atoms with Gasteiger partial charge in [0.1, 0.15) is 5.82 Å². The molecule has 1 aromatic heterocycles.